The number of carbonyl (C=O) groups excluding carboxylic acids is 2. The fraction of sp³-hybridized carbons (Fsp3) is 0.353. The van der Waals surface area contributed by atoms with E-state index in [1.54, 1.807) is 0 Å². The molecule has 0 radical (unpaired) electrons. The Hall–Kier alpha value is -2.63. The second-order valence-corrected chi connectivity index (χ2v) is 5.73. The number of nitrogens with zero attached hydrogens (tertiary/aromatic N) is 1. The van der Waals surface area contributed by atoms with E-state index < -0.39 is 0 Å². The van der Waals surface area contributed by atoms with Gasteiger partial charge in [-0.25, -0.2) is 4.98 Å². The summed E-state index contributed by atoms with van der Waals surface area (Å²) >= 11 is 0. The lowest BCUT2D eigenvalue weighted by Gasteiger charge is -2.08. The van der Waals surface area contributed by atoms with Crippen LogP contribution in [-0.2, 0) is 6.54 Å². The van der Waals surface area contributed by atoms with Crippen molar-refractivity contribution in [2.45, 2.75) is 26.8 Å². The van der Waals surface area contributed by atoms with E-state index in [0.717, 1.165) is 12.0 Å². The number of nitrogens with one attached hydrogen (secondary N) is 3. The molecule has 2 aromatic rings. The molecule has 23 heavy (non-hydrogen) atoms. The van der Waals surface area contributed by atoms with Crippen LogP contribution >= 0.6 is 0 Å². The second kappa shape index (κ2) is 8.12. The van der Waals surface area contributed by atoms with E-state index in [0.29, 0.717) is 19.0 Å². The van der Waals surface area contributed by atoms with Crippen LogP contribution in [0.1, 0.15) is 46.8 Å². The topological polar surface area (TPSA) is 86.9 Å². The van der Waals surface area contributed by atoms with Crippen molar-refractivity contribution in [3.05, 3.63) is 53.6 Å². The van der Waals surface area contributed by atoms with Crippen LogP contribution in [0.3, 0.4) is 0 Å². The van der Waals surface area contributed by atoms with Gasteiger partial charge in [-0.1, -0.05) is 44.2 Å². The molecule has 0 aliphatic carbocycles. The maximum Gasteiger partial charge on any atom is 0.272 e. The van der Waals surface area contributed by atoms with Gasteiger partial charge >= 0.3 is 0 Å². The number of aromatic amines is 1. The molecular weight excluding hydrogens is 292 g/mol. The first-order valence-corrected chi connectivity index (χ1v) is 7.71. The Labute approximate surface area is 135 Å². The van der Waals surface area contributed by atoms with Crippen LogP contribution in [0.5, 0.6) is 0 Å². The predicted octanol–water partition coefficient (Wildman–Crippen LogP) is 2.12. The third-order valence-electron chi connectivity index (χ3n) is 3.38. The quantitative estimate of drug-likeness (QED) is 0.731. The van der Waals surface area contributed by atoms with Crippen molar-refractivity contribution in [1.29, 1.82) is 0 Å². The smallest absolute Gasteiger partial charge is 0.272 e. The SMILES string of the molecule is CC(C)CCNC(=O)c1nc[nH]c1C(=O)NCc1ccccc1. The van der Waals surface area contributed by atoms with Gasteiger partial charge in [0.1, 0.15) is 5.69 Å². The van der Waals surface area contributed by atoms with E-state index in [1.807, 2.05) is 30.3 Å². The van der Waals surface area contributed by atoms with Crippen LogP contribution < -0.4 is 10.6 Å². The summed E-state index contributed by atoms with van der Waals surface area (Å²) in [6, 6.07) is 9.58. The van der Waals surface area contributed by atoms with Gasteiger partial charge in [0.05, 0.1) is 6.33 Å². The van der Waals surface area contributed by atoms with Gasteiger partial charge in [-0.15, -0.1) is 0 Å². The monoisotopic (exact) mass is 314 g/mol. The molecule has 1 aromatic heterocycles. The van der Waals surface area contributed by atoms with Crippen molar-refractivity contribution in [2.75, 3.05) is 6.54 Å². The summed E-state index contributed by atoms with van der Waals surface area (Å²) in [6.07, 6.45) is 2.24. The van der Waals surface area contributed by atoms with Gasteiger partial charge < -0.3 is 15.6 Å². The molecule has 0 bridgehead atoms. The van der Waals surface area contributed by atoms with Crippen LogP contribution in [0.2, 0.25) is 0 Å². The van der Waals surface area contributed by atoms with Gasteiger partial charge in [0, 0.05) is 13.1 Å². The standard InChI is InChI=1S/C17H22N4O2/c1-12(2)8-9-18-16(22)14-15(21-11-20-14)17(23)19-10-13-6-4-3-5-7-13/h3-7,11-12H,8-10H2,1-2H3,(H,18,22)(H,19,23)(H,20,21). The number of imidazole rings is 1. The molecular formula is C17H22N4O2. The molecule has 6 heteroatoms. The molecule has 0 saturated carbocycles. The average Bonchev–Trinajstić information content (AvgIpc) is 3.03. The van der Waals surface area contributed by atoms with E-state index >= 15 is 0 Å². The first kappa shape index (κ1) is 16.7. The number of benzene rings is 1. The molecule has 2 amide bonds. The van der Waals surface area contributed by atoms with Crippen LogP contribution in [0, 0.1) is 5.92 Å². The minimum atomic E-state index is -0.347. The van der Waals surface area contributed by atoms with Crippen molar-refractivity contribution in [2.24, 2.45) is 5.92 Å². The molecule has 0 saturated heterocycles. The molecule has 1 aromatic carbocycles. The molecule has 122 valence electrons. The zero-order valence-electron chi connectivity index (χ0n) is 13.4. The Morgan fingerprint density at radius 3 is 2.57 bits per heavy atom. The highest BCUT2D eigenvalue weighted by molar-refractivity contribution is 6.04. The zero-order chi connectivity index (χ0) is 16.7. The van der Waals surface area contributed by atoms with Gasteiger partial charge in [-0.2, -0.15) is 0 Å². The third kappa shape index (κ3) is 4.95. The molecule has 0 aliphatic rings. The van der Waals surface area contributed by atoms with E-state index in [2.05, 4.69) is 34.4 Å². The summed E-state index contributed by atoms with van der Waals surface area (Å²) in [4.78, 5) is 31.0. The fourth-order valence-electron chi connectivity index (χ4n) is 2.06. The van der Waals surface area contributed by atoms with E-state index in [-0.39, 0.29) is 23.2 Å². The summed E-state index contributed by atoms with van der Waals surface area (Å²) in [7, 11) is 0. The average molecular weight is 314 g/mol. The van der Waals surface area contributed by atoms with Gasteiger partial charge in [0.25, 0.3) is 11.8 Å². The third-order valence-corrected chi connectivity index (χ3v) is 3.38. The Morgan fingerprint density at radius 1 is 1.13 bits per heavy atom. The van der Waals surface area contributed by atoms with Crippen molar-refractivity contribution >= 4 is 11.8 Å². The summed E-state index contributed by atoms with van der Waals surface area (Å²) in [5.41, 5.74) is 1.30. The van der Waals surface area contributed by atoms with Crippen LogP contribution in [-0.4, -0.2) is 28.3 Å². The number of rotatable bonds is 7. The number of amides is 2. The number of hydrogen-bond donors (Lipinski definition) is 3. The molecule has 0 unspecified atom stereocenters. The van der Waals surface area contributed by atoms with Crippen molar-refractivity contribution < 1.29 is 9.59 Å². The highest BCUT2D eigenvalue weighted by Crippen LogP contribution is 2.05. The molecule has 0 aliphatic heterocycles. The fourth-order valence-corrected chi connectivity index (χ4v) is 2.06. The van der Waals surface area contributed by atoms with Gasteiger partial charge in [-0.05, 0) is 17.9 Å². The van der Waals surface area contributed by atoms with Crippen molar-refractivity contribution in [3.63, 3.8) is 0 Å². The number of H-pyrrole nitrogens is 1. The summed E-state index contributed by atoms with van der Waals surface area (Å²) in [5.74, 6) is -0.180. The van der Waals surface area contributed by atoms with E-state index in [4.69, 9.17) is 0 Å². The zero-order valence-corrected chi connectivity index (χ0v) is 13.4. The summed E-state index contributed by atoms with van der Waals surface area (Å²) in [5, 5.41) is 5.56. The lowest BCUT2D eigenvalue weighted by molar-refractivity contribution is 0.0912. The normalized spacial score (nSPS) is 10.6. The van der Waals surface area contributed by atoms with Gasteiger partial charge in [0.2, 0.25) is 0 Å². The lowest BCUT2D eigenvalue weighted by Crippen LogP contribution is -2.30. The highest BCUT2D eigenvalue weighted by atomic mass is 16.2. The van der Waals surface area contributed by atoms with Crippen molar-refractivity contribution in [1.82, 2.24) is 20.6 Å². The van der Waals surface area contributed by atoms with Crippen LogP contribution in [0.15, 0.2) is 36.7 Å². The molecule has 0 spiro atoms. The Balaban J connectivity index is 1.94. The lowest BCUT2D eigenvalue weighted by atomic mass is 10.1. The highest BCUT2D eigenvalue weighted by Gasteiger charge is 2.19. The van der Waals surface area contributed by atoms with Crippen molar-refractivity contribution in [3.8, 4) is 0 Å². The summed E-state index contributed by atoms with van der Waals surface area (Å²) in [6.45, 7) is 5.13. The number of hydrogen-bond acceptors (Lipinski definition) is 3. The van der Waals surface area contributed by atoms with Crippen LogP contribution in [0.25, 0.3) is 0 Å². The maximum absolute atomic E-state index is 12.2. The first-order chi connectivity index (χ1) is 11.1. The first-order valence-electron chi connectivity index (χ1n) is 7.71. The minimum absolute atomic E-state index is 0.124. The molecule has 0 atom stereocenters. The largest absolute Gasteiger partial charge is 0.351 e. The molecule has 0 fully saturated rings. The minimum Gasteiger partial charge on any atom is -0.351 e. The number of carbonyl (C=O) groups is 2. The predicted molar refractivity (Wildman–Crippen MR) is 88.0 cm³/mol. The van der Waals surface area contributed by atoms with Gasteiger partial charge in [-0.3, -0.25) is 9.59 Å². The summed E-state index contributed by atoms with van der Waals surface area (Å²) < 4.78 is 0. The Bertz CT molecular complexity index is 650. The van der Waals surface area contributed by atoms with E-state index in [9.17, 15) is 9.59 Å². The maximum atomic E-state index is 12.2. The Morgan fingerprint density at radius 2 is 1.87 bits per heavy atom. The number of aromatic nitrogens is 2. The molecule has 3 N–H and O–H groups in total. The second-order valence-electron chi connectivity index (χ2n) is 5.73. The van der Waals surface area contributed by atoms with Gasteiger partial charge in [0.15, 0.2) is 5.69 Å². The molecule has 1 heterocycles. The Kier molecular flexibility index (Phi) is 5.91. The molecule has 2 rings (SSSR count). The van der Waals surface area contributed by atoms with Crippen LogP contribution in [0.4, 0.5) is 0 Å². The van der Waals surface area contributed by atoms with E-state index in [1.165, 1.54) is 6.33 Å². The molecule has 6 nitrogen and oxygen atoms in total.